The fraction of sp³-hybridized carbons (Fsp3) is 0.556. The summed E-state index contributed by atoms with van der Waals surface area (Å²) in [5.74, 6) is -0.485. The topological polar surface area (TPSA) is 66.4 Å². The molecule has 0 unspecified atom stereocenters. The first kappa shape index (κ1) is 16.5. The molecule has 4 heteroatoms. The normalized spacial score (nSPS) is 16.9. The van der Waals surface area contributed by atoms with Crippen LogP contribution in [0.1, 0.15) is 50.5 Å². The molecule has 0 saturated heterocycles. The van der Waals surface area contributed by atoms with Crippen LogP contribution in [0.15, 0.2) is 30.3 Å². The van der Waals surface area contributed by atoms with Crippen LogP contribution < -0.4 is 5.32 Å². The minimum Gasteiger partial charge on any atom is -0.480 e. The molecule has 1 aromatic carbocycles. The molecule has 0 radical (unpaired) electrons. The van der Waals surface area contributed by atoms with Crippen molar-refractivity contribution in [2.75, 3.05) is 0 Å². The van der Waals surface area contributed by atoms with Gasteiger partial charge in [0.1, 0.15) is 6.04 Å². The first-order valence-electron chi connectivity index (χ1n) is 8.21. The number of hydrogen-bond donors (Lipinski definition) is 2. The Kier molecular flexibility index (Phi) is 6.44. The van der Waals surface area contributed by atoms with Crippen LogP contribution in [0.5, 0.6) is 0 Å². The lowest BCUT2D eigenvalue weighted by atomic mass is 9.86. The molecule has 1 fully saturated rings. The maximum atomic E-state index is 12.0. The van der Waals surface area contributed by atoms with Crippen LogP contribution in [-0.4, -0.2) is 23.0 Å². The molecule has 0 heterocycles. The van der Waals surface area contributed by atoms with E-state index in [0.29, 0.717) is 18.8 Å². The molecular weight excluding hydrogens is 278 g/mol. The highest BCUT2D eigenvalue weighted by atomic mass is 16.4. The van der Waals surface area contributed by atoms with Gasteiger partial charge in [-0.25, -0.2) is 4.79 Å². The lowest BCUT2D eigenvalue weighted by molar-refractivity contribution is -0.141. The van der Waals surface area contributed by atoms with Crippen molar-refractivity contribution in [1.29, 1.82) is 0 Å². The van der Waals surface area contributed by atoms with Crippen LogP contribution >= 0.6 is 0 Å². The Bertz CT molecular complexity index is 480. The molecule has 1 aliphatic carbocycles. The molecule has 0 aliphatic heterocycles. The van der Waals surface area contributed by atoms with Gasteiger partial charge in [-0.1, -0.05) is 62.4 Å². The van der Waals surface area contributed by atoms with Crippen LogP contribution in [0, 0.1) is 5.92 Å². The Labute approximate surface area is 131 Å². The average molecular weight is 303 g/mol. The Morgan fingerprint density at radius 3 is 2.45 bits per heavy atom. The van der Waals surface area contributed by atoms with Gasteiger partial charge in [0.05, 0.1) is 0 Å². The fourth-order valence-corrected chi connectivity index (χ4v) is 3.13. The van der Waals surface area contributed by atoms with Crippen molar-refractivity contribution >= 4 is 11.9 Å². The number of rotatable bonds is 7. The number of carboxylic acid groups (broad SMARTS) is 1. The summed E-state index contributed by atoms with van der Waals surface area (Å²) >= 11 is 0. The number of aliphatic carboxylic acids is 1. The molecule has 1 aromatic rings. The Morgan fingerprint density at radius 2 is 1.82 bits per heavy atom. The smallest absolute Gasteiger partial charge is 0.326 e. The van der Waals surface area contributed by atoms with Crippen LogP contribution in [0.25, 0.3) is 0 Å². The summed E-state index contributed by atoms with van der Waals surface area (Å²) in [7, 11) is 0. The summed E-state index contributed by atoms with van der Waals surface area (Å²) < 4.78 is 0. The molecule has 1 saturated carbocycles. The summed E-state index contributed by atoms with van der Waals surface area (Å²) in [6.45, 7) is 0. The zero-order valence-electron chi connectivity index (χ0n) is 13.0. The number of nitrogens with one attached hydrogen (secondary N) is 1. The van der Waals surface area contributed by atoms with E-state index in [-0.39, 0.29) is 5.91 Å². The summed E-state index contributed by atoms with van der Waals surface area (Å²) in [6.07, 6.45) is 7.88. The molecule has 2 N–H and O–H groups in total. The Morgan fingerprint density at radius 1 is 1.14 bits per heavy atom. The molecule has 2 rings (SSSR count). The van der Waals surface area contributed by atoms with Crippen molar-refractivity contribution in [1.82, 2.24) is 5.32 Å². The van der Waals surface area contributed by atoms with E-state index in [0.717, 1.165) is 12.0 Å². The third kappa shape index (κ3) is 5.51. The maximum absolute atomic E-state index is 12.0. The summed E-state index contributed by atoms with van der Waals surface area (Å²) in [5, 5.41) is 12.0. The summed E-state index contributed by atoms with van der Waals surface area (Å²) in [4.78, 5) is 23.3. The van der Waals surface area contributed by atoms with E-state index >= 15 is 0 Å². The second kappa shape index (κ2) is 8.57. The minimum absolute atomic E-state index is 0.145. The van der Waals surface area contributed by atoms with Crippen LogP contribution in [0.4, 0.5) is 0 Å². The first-order chi connectivity index (χ1) is 10.6. The predicted molar refractivity (Wildman–Crippen MR) is 85.5 cm³/mol. The van der Waals surface area contributed by atoms with Gasteiger partial charge in [-0.3, -0.25) is 4.79 Å². The zero-order valence-corrected chi connectivity index (χ0v) is 13.0. The van der Waals surface area contributed by atoms with E-state index in [1.165, 1.54) is 32.1 Å². The molecule has 1 atom stereocenters. The van der Waals surface area contributed by atoms with E-state index < -0.39 is 12.0 Å². The third-order valence-electron chi connectivity index (χ3n) is 4.42. The Balaban J connectivity index is 1.79. The molecule has 120 valence electrons. The van der Waals surface area contributed by atoms with Gasteiger partial charge in [-0.05, 0) is 17.9 Å². The number of amides is 1. The minimum atomic E-state index is -0.977. The molecule has 0 bridgehead atoms. The van der Waals surface area contributed by atoms with Crippen molar-refractivity contribution in [2.45, 2.75) is 57.4 Å². The second-order valence-electron chi connectivity index (χ2n) is 6.19. The van der Waals surface area contributed by atoms with Crippen molar-refractivity contribution in [3.05, 3.63) is 35.9 Å². The largest absolute Gasteiger partial charge is 0.480 e. The SMILES string of the molecule is O=C(CCC1CCCCC1)N[C@@H](Cc1ccccc1)C(=O)O. The van der Waals surface area contributed by atoms with Gasteiger partial charge in [0.2, 0.25) is 5.91 Å². The summed E-state index contributed by atoms with van der Waals surface area (Å²) in [6, 6.07) is 8.55. The van der Waals surface area contributed by atoms with E-state index in [9.17, 15) is 14.7 Å². The molecule has 1 amide bonds. The van der Waals surface area contributed by atoms with Gasteiger partial charge >= 0.3 is 5.97 Å². The number of carbonyl (C=O) groups excluding carboxylic acids is 1. The highest BCUT2D eigenvalue weighted by Gasteiger charge is 2.21. The highest BCUT2D eigenvalue weighted by molar-refractivity contribution is 5.83. The lowest BCUT2D eigenvalue weighted by Gasteiger charge is -2.21. The second-order valence-corrected chi connectivity index (χ2v) is 6.19. The average Bonchev–Trinajstić information content (AvgIpc) is 2.54. The molecule has 4 nitrogen and oxygen atoms in total. The van der Waals surface area contributed by atoms with Gasteiger partial charge in [-0.15, -0.1) is 0 Å². The predicted octanol–water partition coefficient (Wildman–Crippen LogP) is 3.16. The standard InChI is InChI=1S/C18H25NO3/c20-17(12-11-14-7-3-1-4-8-14)19-16(18(21)22)13-15-9-5-2-6-10-15/h2,5-6,9-10,14,16H,1,3-4,7-8,11-13H2,(H,19,20)(H,21,22)/t16-/m0/s1. The zero-order chi connectivity index (χ0) is 15.8. The van der Waals surface area contributed by atoms with Crippen molar-refractivity contribution in [3.8, 4) is 0 Å². The van der Waals surface area contributed by atoms with Crippen LogP contribution in [-0.2, 0) is 16.0 Å². The van der Waals surface area contributed by atoms with Gasteiger partial charge in [0.25, 0.3) is 0 Å². The quantitative estimate of drug-likeness (QED) is 0.813. The molecule has 1 aliphatic rings. The third-order valence-corrected chi connectivity index (χ3v) is 4.42. The highest BCUT2D eigenvalue weighted by Crippen LogP contribution is 2.27. The van der Waals surface area contributed by atoms with Crippen molar-refractivity contribution in [3.63, 3.8) is 0 Å². The number of hydrogen-bond acceptors (Lipinski definition) is 2. The van der Waals surface area contributed by atoms with Gasteiger partial charge in [-0.2, -0.15) is 0 Å². The van der Waals surface area contributed by atoms with Crippen LogP contribution in [0.2, 0.25) is 0 Å². The number of carboxylic acids is 1. The van der Waals surface area contributed by atoms with E-state index in [4.69, 9.17) is 0 Å². The maximum Gasteiger partial charge on any atom is 0.326 e. The van der Waals surface area contributed by atoms with E-state index in [1.54, 1.807) is 0 Å². The lowest BCUT2D eigenvalue weighted by Crippen LogP contribution is -2.42. The molecule has 0 spiro atoms. The first-order valence-corrected chi connectivity index (χ1v) is 8.21. The van der Waals surface area contributed by atoms with Crippen LogP contribution in [0.3, 0.4) is 0 Å². The van der Waals surface area contributed by atoms with Crippen molar-refractivity contribution < 1.29 is 14.7 Å². The van der Waals surface area contributed by atoms with E-state index in [1.807, 2.05) is 30.3 Å². The van der Waals surface area contributed by atoms with Crippen molar-refractivity contribution in [2.24, 2.45) is 5.92 Å². The number of carbonyl (C=O) groups is 2. The molecule has 0 aromatic heterocycles. The fourth-order valence-electron chi connectivity index (χ4n) is 3.13. The molecular formula is C18H25NO3. The van der Waals surface area contributed by atoms with Gasteiger partial charge in [0.15, 0.2) is 0 Å². The van der Waals surface area contributed by atoms with Gasteiger partial charge in [0, 0.05) is 12.8 Å². The monoisotopic (exact) mass is 303 g/mol. The Hall–Kier alpha value is -1.84. The van der Waals surface area contributed by atoms with Gasteiger partial charge < -0.3 is 10.4 Å². The summed E-state index contributed by atoms with van der Waals surface area (Å²) in [5.41, 5.74) is 0.919. The number of benzene rings is 1. The molecule has 22 heavy (non-hydrogen) atoms. The van der Waals surface area contributed by atoms with E-state index in [2.05, 4.69) is 5.32 Å².